The van der Waals surface area contributed by atoms with Crippen LogP contribution in [0, 0.1) is 12.8 Å². The first-order chi connectivity index (χ1) is 9.39. The van der Waals surface area contributed by atoms with Crippen LogP contribution in [-0.4, -0.2) is 38.3 Å². The van der Waals surface area contributed by atoms with Crippen molar-refractivity contribution in [2.45, 2.75) is 45.1 Å². The van der Waals surface area contributed by atoms with E-state index in [2.05, 4.69) is 22.2 Å². The molecule has 0 radical (unpaired) electrons. The van der Waals surface area contributed by atoms with Gasteiger partial charge in [-0.1, -0.05) is 6.92 Å². The normalized spacial score (nSPS) is 26.2. The van der Waals surface area contributed by atoms with Crippen LogP contribution in [0.25, 0.3) is 0 Å². The predicted molar refractivity (Wildman–Crippen MR) is 74.8 cm³/mol. The fourth-order valence-electron chi connectivity index (χ4n) is 2.48. The highest BCUT2D eigenvalue weighted by molar-refractivity contribution is 5.88. The second-order valence-electron chi connectivity index (χ2n) is 5.76. The molecule has 0 saturated heterocycles. The van der Waals surface area contributed by atoms with Crippen LogP contribution in [0.15, 0.2) is 6.20 Å². The van der Waals surface area contributed by atoms with E-state index < -0.39 is 11.6 Å². The Balaban J connectivity index is 1.97. The number of carboxylic acid groups (broad SMARTS) is 1. The summed E-state index contributed by atoms with van der Waals surface area (Å²) in [6, 6.07) is 0. The van der Waals surface area contributed by atoms with Gasteiger partial charge in [-0.25, -0.2) is 14.8 Å². The molecular weight excluding hydrogens is 258 g/mol. The minimum atomic E-state index is -1.03. The van der Waals surface area contributed by atoms with Gasteiger partial charge in [-0.2, -0.15) is 0 Å². The Hall–Kier alpha value is -1.69. The monoisotopic (exact) mass is 279 g/mol. The van der Waals surface area contributed by atoms with Crippen molar-refractivity contribution < 1.29 is 15.0 Å². The summed E-state index contributed by atoms with van der Waals surface area (Å²) in [5.74, 6) is -0.00267. The van der Waals surface area contributed by atoms with Gasteiger partial charge < -0.3 is 15.5 Å². The lowest BCUT2D eigenvalue weighted by Gasteiger charge is -2.34. The van der Waals surface area contributed by atoms with Gasteiger partial charge in [0.05, 0.1) is 16.9 Å². The van der Waals surface area contributed by atoms with Crippen molar-refractivity contribution in [3.8, 4) is 0 Å². The van der Waals surface area contributed by atoms with E-state index >= 15 is 0 Å². The van der Waals surface area contributed by atoms with Crippen LogP contribution < -0.4 is 5.32 Å². The number of anilines is 1. The Labute approximate surface area is 118 Å². The summed E-state index contributed by atoms with van der Waals surface area (Å²) >= 11 is 0. The van der Waals surface area contributed by atoms with Gasteiger partial charge in [0.1, 0.15) is 0 Å². The SMILES string of the molecule is Cc1nc(NCC2(O)CCC(C)CC2)ncc1C(=O)O. The van der Waals surface area contributed by atoms with Crippen LogP contribution in [0.4, 0.5) is 5.95 Å². The zero-order valence-corrected chi connectivity index (χ0v) is 11.9. The highest BCUT2D eigenvalue weighted by atomic mass is 16.4. The number of hydrogen-bond donors (Lipinski definition) is 3. The van der Waals surface area contributed by atoms with Crippen molar-refractivity contribution in [3.05, 3.63) is 17.5 Å². The topological polar surface area (TPSA) is 95.3 Å². The first-order valence-electron chi connectivity index (χ1n) is 6.93. The molecule has 0 aromatic carbocycles. The molecular formula is C14H21N3O3. The lowest BCUT2D eigenvalue weighted by atomic mass is 9.79. The van der Waals surface area contributed by atoms with E-state index in [-0.39, 0.29) is 5.56 Å². The second-order valence-corrected chi connectivity index (χ2v) is 5.76. The van der Waals surface area contributed by atoms with Crippen molar-refractivity contribution in [1.82, 2.24) is 9.97 Å². The van der Waals surface area contributed by atoms with Crippen LogP contribution >= 0.6 is 0 Å². The summed E-state index contributed by atoms with van der Waals surface area (Å²) in [5, 5.41) is 22.4. The number of aromatic nitrogens is 2. The number of nitrogens with one attached hydrogen (secondary N) is 1. The maximum absolute atomic E-state index is 10.9. The molecule has 0 atom stereocenters. The zero-order chi connectivity index (χ0) is 14.8. The van der Waals surface area contributed by atoms with E-state index in [1.165, 1.54) is 6.20 Å². The van der Waals surface area contributed by atoms with E-state index in [9.17, 15) is 9.90 Å². The van der Waals surface area contributed by atoms with Crippen molar-refractivity contribution in [1.29, 1.82) is 0 Å². The molecule has 1 aliphatic rings. The molecule has 0 spiro atoms. The number of carbonyl (C=O) groups is 1. The summed E-state index contributed by atoms with van der Waals surface area (Å²) in [5.41, 5.74) is -0.199. The molecule has 1 aliphatic carbocycles. The standard InChI is InChI=1S/C14H21N3O3/c1-9-3-5-14(20,6-4-9)8-16-13-15-7-11(12(18)19)10(2)17-13/h7,9,20H,3-6,8H2,1-2H3,(H,18,19)(H,15,16,17). The van der Waals surface area contributed by atoms with Gasteiger partial charge in [0.25, 0.3) is 0 Å². The van der Waals surface area contributed by atoms with Gasteiger partial charge in [0, 0.05) is 12.7 Å². The molecule has 2 rings (SSSR count). The third-order valence-corrected chi connectivity index (χ3v) is 3.99. The fourth-order valence-corrected chi connectivity index (χ4v) is 2.48. The lowest BCUT2D eigenvalue weighted by molar-refractivity contribution is 0.00486. The average molecular weight is 279 g/mol. The predicted octanol–water partition coefficient (Wildman–Crippen LogP) is 1.84. The van der Waals surface area contributed by atoms with Gasteiger partial charge in [0.15, 0.2) is 0 Å². The van der Waals surface area contributed by atoms with Crippen LogP contribution in [0.2, 0.25) is 0 Å². The first kappa shape index (κ1) is 14.7. The van der Waals surface area contributed by atoms with E-state index in [1.54, 1.807) is 6.92 Å². The van der Waals surface area contributed by atoms with Gasteiger partial charge in [0.2, 0.25) is 5.95 Å². The minimum absolute atomic E-state index is 0.0979. The van der Waals surface area contributed by atoms with Crippen molar-refractivity contribution in [2.75, 3.05) is 11.9 Å². The Bertz CT molecular complexity index is 496. The van der Waals surface area contributed by atoms with Crippen LogP contribution in [0.5, 0.6) is 0 Å². The van der Waals surface area contributed by atoms with E-state index in [4.69, 9.17) is 5.11 Å². The van der Waals surface area contributed by atoms with E-state index in [0.717, 1.165) is 25.7 Å². The first-order valence-corrected chi connectivity index (χ1v) is 6.93. The zero-order valence-electron chi connectivity index (χ0n) is 11.9. The third kappa shape index (κ3) is 3.45. The Morgan fingerprint density at radius 2 is 2.15 bits per heavy atom. The molecule has 3 N–H and O–H groups in total. The Morgan fingerprint density at radius 3 is 2.70 bits per heavy atom. The van der Waals surface area contributed by atoms with Gasteiger partial charge >= 0.3 is 5.97 Å². The molecule has 1 aromatic rings. The number of aliphatic hydroxyl groups is 1. The fraction of sp³-hybridized carbons (Fsp3) is 0.643. The number of aryl methyl sites for hydroxylation is 1. The average Bonchev–Trinajstić information content (AvgIpc) is 2.40. The maximum Gasteiger partial charge on any atom is 0.339 e. The van der Waals surface area contributed by atoms with Crippen molar-refractivity contribution in [3.63, 3.8) is 0 Å². The lowest BCUT2D eigenvalue weighted by Crippen LogP contribution is -2.40. The smallest absolute Gasteiger partial charge is 0.339 e. The molecule has 0 bridgehead atoms. The largest absolute Gasteiger partial charge is 0.478 e. The molecule has 0 unspecified atom stereocenters. The molecule has 1 saturated carbocycles. The van der Waals surface area contributed by atoms with Crippen LogP contribution in [-0.2, 0) is 0 Å². The van der Waals surface area contributed by atoms with Crippen LogP contribution in [0.3, 0.4) is 0 Å². The highest BCUT2D eigenvalue weighted by Crippen LogP contribution is 2.31. The molecule has 6 nitrogen and oxygen atoms in total. The number of hydrogen-bond acceptors (Lipinski definition) is 5. The Morgan fingerprint density at radius 1 is 1.50 bits per heavy atom. The summed E-state index contributed by atoms with van der Waals surface area (Å²) in [6.45, 7) is 4.23. The van der Waals surface area contributed by atoms with Crippen LogP contribution in [0.1, 0.15) is 48.7 Å². The van der Waals surface area contributed by atoms with Crippen molar-refractivity contribution >= 4 is 11.9 Å². The molecule has 0 amide bonds. The summed E-state index contributed by atoms with van der Waals surface area (Å²) in [7, 11) is 0. The number of carboxylic acids is 1. The highest BCUT2D eigenvalue weighted by Gasteiger charge is 2.31. The summed E-state index contributed by atoms with van der Waals surface area (Å²) in [6.07, 6.45) is 4.88. The Kier molecular flexibility index (Phi) is 4.23. The molecule has 0 aliphatic heterocycles. The van der Waals surface area contributed by atoms with Crippen molar-refractivity contribution in [2.24, 2.45) is 5.92 Å². The maximum atomic E-state index is 10.9. The van der Waals surface area contributed by atoms with Gasteiger partial charge in [-0.15, -0.1) is 0 Å². The summed E-state index contributed by atoms with van der Waals surface area (Å²) < 4.78 is 0. The molecule has 110 valence electrons. The van der Waals surface area contributed by atoms with Gasteiger partial charge in [-0.3, -0.25) is 0 Å². The van der Waals surface area contributed by atoms with Gasteiger partial charge in [-0.05, 0) is 38.5 Å². The molecule has 1 fully saturated rings. The molecule has 6 heteroatoms. The molecule has 1 aromatic heterocycles. The second kappa shape index (κ2) is 5.75. The molecule has 20 heavy (non-hydrogen) atoms. The third-order valence-electron chi connectivity index (χ3n) is 3.99. The minimum Gasteiger partial charge on any atom is -0.478 e. The number of aromatic carboxylic acids is 1. The summed E-state index contributed by atoms with van der Waals surface area (Å²) in [4.78, 5) is 19.0. The molecule has 1 heterocycles. The quantitative estimate of drug-likeness (QED) is 0.778. The number of rotatable bonds is 4. The van der Waals surface area contributed by atoms with E-state index in [0.29, 0.717) is 24.1 Å². The number of nitrogens with zero attached hydrogens (tertiary/aromatic N) is 2. The van der Waals surface area contributed by atoms with E-state index in [1.807, 2.05) is 0 Å².